The molecule has 4 heteroatoms. The third kappa shape index (κ3) is 4.93. The first-order chi connectivity index (χ1) is 9.45. The van der Waals surface area contributed by atoms with E-state index in [9.17, 15) is 14.3 Å². The van der Waals surface area contributed by atoms with E-state index in [2.05, 4.69) is 25.7 Å². The van der Waals surface area contributed by atoms with Crippen LogP contribution in [-0.4, -0.2) is 28.6 Å². The molecule has 112 valence electrons. The van der Waals surface area contributed by atoms with Gasteiger partial charge in [-0.3, -0.25) is 4.90 Å². The zero-order valence-electron chi connectivity index (χ0n) is 12.5. The van der Waals surface area contributed by atoms with Gasteiger partial charge in [0.1, 0.15) is 5.82 Å². The Morgan fingerprint density at radius 1 is 1.35 bits per heavy atom. The first-order valence-electron chi connectivity index (χ1n) is 7.21. The van der Waals surface area contributed by atoms with Gasteiger partial charge in [0.2, 0.25) is 0 Å². The number of hydrogen-bond acceptors (Lipinski definition) is 2. The molecule has 0 saturated carbocycles. The van der Waals surface area contributed by atoms with Gasteiger partial charge in [-0.05, 0) is 50.6 Å². The summed E-state index contributed by atoms with van der Waals surface area (Å²) in [7, 11) is 0. The van der Waals surface area contributed by atoms with Gasteiger partial charge in [0.05, 0.1) is 5.56 Å². The second-order valence-corrected chi connectivity index (χ2v) is 5.38. The molecule has 1 aromatic rings. The number of halogens is 1. The summed E-state index contributed by atoms with van der Waals surface area (Å²) in [4.78, 5) is 13.4. The number of hydrogen-bond donors (Lipinski definition) is 1. The molecule has 0 unspecified atom stereocenters. The summed E-state index contributed by atoms with van der Waals surface area (Å²) < 4.78 is 13.4. The summed E-state index contributed by atoms with van der Waals surface area (Å²) >= 11 is 0. The molecule has 1 rings (SSSR count). The van der Waals surface area contributed by atoms with E-state index in [1.165, 1.54) is 18.2 Å². The maximum atomic E-state index is 13.4. The van der Waals surface area contributed by atoms with Crippen molar-refractivity contribution in [2.24, 2.45) is 0 Å². The average molecular weight is 281 g/mol. The molecular weight excluding hydrogens is 257 g/mol. The Morgan fingerprint density at radius 3 is 2.60 bits per heavy atom. The molecule has 0 saturated heterocycles. The van der Waals surface area contributed by atoms with Gasteiger partial charge in [0, 0.05) is 12.6 Å². The lowest BCUT2D eigenvalue weighted by atomic mass is 10.1. The second kappa shape index (κ2) is 8.00. The van der Waals surface area contributed by atoms with Gasteiger partial charge in [-0.15, -0.1) is 0 Å². The van der Waals surface area contributed by atoms with Crippen LogP contribution in [-0.2, 0) is 6.54 Å². The molecule has 3 nitrogen and oxygen atoms in total. The molecule has 0 fully saturated rings. The Labute approximate surface area is 120 Å². The second-order valence-electron chi connectivity index (χ2n) is 5.38. The predicted molar refractivity (Wildman–Crippen MR) is 78.4 cm³/mol. The zero-order chi connectivity index (χ0) is 15.1. The highest BCUT2D eigenvalue weighted by molar-refractivity contribution is 5.89. The first-order valence-corrected chi connectivity index (χ1v) is 7.21. The van der Waals surface area contributed by atoms with Crippen LogP contribution < -0.4 is 0 Å². The first kappa shape index (κ1) is 16.6. The molecule has 0 spiro atoms. The normalized spacial score (nSPS) is 11.3. The van der Waals surface area contributed by atoms with Crippen molar-refractivity contribution >= 4 is 5.97 Å². The molecule has 0 radical (unpaired) electrons. The monoisotopic (exact) mass is 281 g/mol. The van der Waals surface area contributed by atoms with Crippen molar-refractivity contribution in [1.29, 1.82) is 0 Å². The van der Waals surface area contributed by atoms with E-state index < -0.39 is 5.97 Å². The van der Waals surface area contributed by atoms with Crippen LogP contribution in [0.4, 0.5) is 4.39 Å². The minimum atomic E-state index is -1.00. The van der Waals surface area contributed by atoms with Crippen molar-refractivity contribution in [2.45, 2.75) is 52.6 Å². The van der Waals surface area contributed by atoms with Gasteiger partial charge in [-0.25, -0.2) is 9.18 Å². The fourth-order valence-corrected chi connectivity index (χ4v) is 2.21. The van der Waals surface area contributed by atoms with E-state index in [1.54, 1.807) is 0 Å². The summed E-state index contributed by atoms with van der Waals surface area (Å²) in [5.41, 5.74) is 0.732. The summed E-state index contributed by atoms with van der Waals surface area (Å²) in [6.07, 6.45) is 3.37. The van der Waals surface area contributed by atoms with Gasteiger partial charge in [-0.1, -0.05) is 19.8 Å². The van der Waals surface area contributed by atoms with Crippen molar-refractivity contribution in [1.82, 2.24) is 4.90 Å². The highest BCUT2D eigenvalue weighted by Crippen LogP contribution is 2.16. The van der Waals surface area contributed by atoms with Gasteiger partial charge in [0.25, 0.3) is 0 Å². The fourth-order valence-electron chi connectivity index (χ4n) is 2.21. The Morgan fingerprint density at radius 2 is 2.05 bits per heavy atom. The van der Waals surface area contributed by atoms with Crippen molar-refractivity contribution < 1.29 is 14.3 Å². The van der Waals surface area contributed by atoms with E-state index in [1.807, 2.05) is 0 Å². The number of benzene rings is 1. The Bertz CT molecular complexity index is 446. The van der Waals surface area contributed by atoms with E-state index in [-0.39, 0.29) is 11.4 Å². The third-order valence-corrected chi connectivity index (χ3v) is 3.45. The maximum absolute atomic E-state index is 13.4. The molecule has 1 N–H and O–H groups in total. The van der Waals surface area contributed by atoms with Gasteiger partial charge >= 0.3 is 5.97 Å². The van der Waals surface area contributed by atoms with Crippen LogP contribution >= 0.6 is 0 Å². The third-order valence-electron chi connectivity index (χ3n) is 3.45. The summed E-state index contributed by atoms with van der Waals surface area (Å²) in [5, 5.41) is 9.18. The highest BCUT2D eigenvalue weighted by Gasteiger charge is 2.16. The van der Waals surface area contributed by atoms with Crippen molar-refractivity contribution in [3.63, 3.8) is 0 Å². The van der Waals surface area contributed by atoms with Crippen LogP contribution in [0.3, 0.4) is 0 Å². The van der Waals surface area contributed by atoms with Crippen LogP contribution in [0.15, 0.2) is 18.2 Å². The number of carboxylic acid groups (broad SMARTS) is 1. The number of carbonyl (C=O) groups is 1. The van der Waals surface area contributed by atoms with Crippen molar-refractivity contribution in [2.75, 3.05) is 6.54 Å². The predicted octanol–water partition coefficient (Wildman–Crippen LogP) is 3.92. The number of rotatable bonds is 8. The number of aromatic carboxylic acids is 1. The fraction of sp³-hybridized carbons (Fsp3) is 0.562. The van der Waals surface area contributed by atoms with Crippen LogP contribution in [0.25, 0.3) is 0 Å². The lowest BCUT2D eigenvalue weighted by molar-refractivity contribution is 0.0693. The standard InChI is InChI=1S/C16H24FNO2/c1-4-5-6-9-18(12(2)3)11-13-10-14(17)7-8-15(13)16(19)20/h7-8,10,12H,4-6,9,11H2,1-3H3,(H,19,20). The maximum Gasteiger partial charge on any atom is 0.336 e. The molecule has 0 aromatic heterocycles. The Kier molecular flexibility index (Phi) is 6.65. The number of unbranched alkanes of at least 4 members (excludes halogenated alkanes) is 2. The summed E-state index contributed by atoms with van der Waals surface area (Å²) in [6, 6.07) is 4.18. The summed E-state index contributed by atoms with van der Waals surface area (Å²) in [5.74, 6) is -1.39. The largest absolute Gasteiger partial charge is 0.478 e. The zero-order valence-corrected chi connectivity index (χ0v) is 12.5. The van der Waals surface area contributed by atoms with Gasteiger partial charge in [-0.2, -0.15) is 0 Å². The number of nitrogens with zero attached hydrogens (tertiary/aromatic N) is 1. The molecule has 0 atom stereocenters. The Hall–Kier alpha value is -1.42. The van der Waals surface area contributed by atoms with Crippen LogP contribution in [0, 0.1) is 5.82 Å². The van der Waals surface area contributed by atoms with Crippen molar-refractivity contribution in [3.05, 3.63) is 35.1 Å². The molecule has 0 bridgehead atoms. The quantitative estimate of drug-likeness (QED) is 0.734. The van der Waals surface area contributed by atoms with Gasteiger partial charge in [0.15, 0.2) is 0 Å². The van der Waals surface area contributed by atoms with Crippen LogP contribution in [0.5, 0.6) is 0 Å². The van der Waals surface area contributed by atoms with E-state index in [0.717, 1.165) is 25.8 Å². The smallest absolute Gasteiger partial charge is 0.336 e. The van der Waals surface area contributed by atoms with Crippen molar-refractivity contribution in [3.8, 4) is 0 Å². The number of carboxylic acids is 1. The highest BCUT2D eigenvalue weighted by atomic mass is 19.1. The molecular formula is C16H24FNO2. The van der Waals surface area contributed by atoms with E-state index in [4.69, 9.17) is 0 Å². The molecule has 0 aliphatic carbocycles. The molecule has 0 aliphatic rings. The van der Waals surface area contributed by atoms with Crippen LogP contribution in [0.1, 0.15) is 56.0 Å². The molecule has 20 heavy (non-hydrogen) atoms. The Balaban J connectivity index is 2.86. The molecule has 1 aromatic carbocycles. The lowest BCUT2D eigenvalue weighted by Crippen LogP contribution is -2.32. The van der Waals surface area contributed by atoms with Gasteiger partial charge < -0.3 is 5.11 Å². The molecule has 0 amide bonds. The average Bonchev–Trinajstić information content (AvgIpc) is 2.37. The minimum absolute atomic E-state index is 0.188. The lowest BCUT2D eigenvalue weighted by Gasteiger charge is -2.27. The molecule has 0 heterocycles. The summed E-state index contributed by atoms with van der Waals surface area (Å²) in [6.45, 7) is 7.67. The molecule has 0 aliphatic heterocycles. The van der Waals surface area contributed by atoms with E-state index >= 15 is 0 Å². The van der Waals surface area contributed by atoms with E-state index in [0.29, 0.717) is 18.2 Å². The minimum Gasteiger partial charge on any atom is -0.478 e. The van der Waals surface area contributed by atoms with Crippen LogP contribution in [0.2, 0.25) is 0 Å². The topological polar surface area (TPSA) is 40.5 Å². The SMILES string of the molecule is CCCCCN(Cc1cc(F)ccc1C(=O)O)C(C)C.